The van der Waals surface area contributed by atoms with E-state index in [0.717, 1.165) is 29.5 Å². The molecule has 41 heavy (non-hydrogen) atoms. The Morgan fingerprint density at radius 3 is 2.32 bits per heavy atom. The molecular formula is C31H30N2O8. The molecule has 0 radical (unpaired) electrons. The highest BCUT2D eigenvalue weighted by Crippen LogP contribution is 2.35. The number of nitrogens with two attached hydrogens (primary N) is 1. The first-order chi connectivity index (χ1) is 19.7. The average molecular weight is 559 g/mol. The van der Waals surface area contributed by atoms with Crippen LogP contribution in [0, 0.1) is 0 Å². The maximum Gasteiger partial charge on any atom is 0.511 e. The van der Waals surface area contributed by atoms with Crippen LogP contribution in [-0.2, 0) is 36.6 Å². The number of nitrogens with zero attached hydrogens (tertiary/aromatic N) is 1. The first kappa shape index (κ1) is 28.9. The van der Waals surface area contributed by atoms with Gasteiger partial charge in [-0.2, -0.15) is 0 Å². The smallest absolute Gasteiger partial charge is 0.480 e. The topological polar surface area (TPSA) is 136 Å². The third kappa shape index (κ3) is 6.38. The van der Waals surface area contributed by atoms with Gasteiger partial charge in [0, 0.05) is 25.2 Å². The molecule has 0 aliphatic rings. The van der Waals surface area contributed by atoms with Crippen LogP contribution in [0.1, 0.15) is 41.0 Å². The van der Waals surface area contributed by atoms with Gasteiger partial charge >= 0.3 is 12.1 Å². The molecule has 2 heterocycles. The van der Waals surface area contributed by atoms with Crippen LogP contribution in [-0.4, -0.2) is 48.2 Å². The predicted octanol–water partition coefficient (Wildman–Crippen LogP) is 4.48. The summed E-state index contributed by atoms with van der Waals surface area (Å²) in [4.78, 5) is 48.9. The minimum absolute atomic E-state index is 0.124. The molecule has 1 atom stereocenters. The van der Waals surface area contributed by atoms with Gasteiger partial charge in [0.25, 0.3) is 11.7 Å². The number of primary amides is 1. The number of fused-ring (bicyclic) bond motifs is 1. The summed E-state index contributed by atoms with van der Waals surface area (Å²) in [6.07, 6.45) is 0.423. The molecule has 0 saturated carbocycles. The molecule has 2 aromatic carbocycles. The molecule has 10 nitrogen and oxygen atoms in total. The summed E-state index contributed by atoms with van der Waals surface area (Å²) in [5, 5.41) is 0. The van der Waals surface area contributed by atoms with Crippen molar-refractivity contribution in [1.29, 1.82) is 0 Å². The van der Waals surface area contributed by atoms with Gasteiger partial charge < -0.3 is 29.1 Å². The van der Waals surface area contributed by atoms with Gasteiger partial charge in [-0.15, -0.1) is 0 Å². The molecule has 10 heteroatoms. The number of ketones is 1. The number of carbonyl (C=O) groups is 4. The number of hydrogen-bond acceptors (Lipinski definition) is 8. The largest absolute Gasteiger partial charge is 0.511 e. The Morgan fingerprint density at radius 1 is 0.927 bits per heavy atom. The summed E-state index contributed by atoms with van der Waals surface area (Å²) < 4.78 is 21.7. The lowest BCUT2D eigenvalue weighted by atomic mass is 9.94. The van der Waals surface area contributed by atoms with E-state index in [4.69, 9.17) is 19.9 Å². The number of aromatic nitrogens is 1. The number of amides is 1. The Bertz CT molecular complexity index is 1590. The molecule has 0 spiro atoms. The zero-order chi connectivity index (χ0) is 29.5. The standard InChI is InChI=1S/C31H30N2O8/c1-4-22-24(17-21-13-8-9-14-23(21)20-11-6-5-7-12-20)33-16-10-15-25(28(33)27(22)29(35)30(32)36)39-18-26(34)40-19(2)41-31(37)38-3/h5-16,19H,4,17-18H2,1-3H3,(H2,32,36). The van der Waals surface area contributed by atoms with E-state index in [1.54, 1.807) is 22.7 Å². The number of methoxy groups -OCH3 is 1. The molecule has 0 bridgehead atoms. The lowest BCUT2D eigenvalue weighted by Crippen LogP contribution is -2.25. The van der Waals surface area contributed by atoms with Gasteiger partial charge in [0.2, 0.25) is 6.29 Å². The molecule has 2 aromatic heterocycles. The SMILES string of the molecule is CCc1c(C(=O)C(N)=O)c2c(OCC(=O)OC(C)OC(=O)OC)cccn2c1Cc1ccccc1-c1ccccc1. The monoisotopic (exact) mass is 558 g/mol. The molecule has 2 N–H and O–H groups in total. The normalized spacial score (nSPS) is 11.5. The maximum absolute atomic E-state index is 13.2. The van der Waals surface area contributed by atoms with Crippen molar-refractivity contribution in [2.45, 2.75) is 33.0 Å². The fourth-order valence-electron chi connectivity index (χ4n) is 4.76. The second kappa shape index (κ2) is 12.8. The summed E-state index contributed by atoms with van der Waals surface area (Å²) in [5.74, 6) is -2.62. The van der Waals surface area contributed by atoms with Crippen molar-refractivity contribution >= 4 is 29.3 Å². The summed E-state index contributed by atoms with van der Waals surface area (Å²) in [6.45, 7) is 2.68. The van der Waals surface area contributed by atoms with Crippen LogP contribution >= 0.6 is 0 Å². The van der Waals surface area contributed by atoms with Crippen molar-refractivity contribution in [3.63, 3.8) is 0 Å². The second-order valence-electron chi connectivity index (χ2n) is 9.06. The van der Waals surface area contributed by atoms with E-state index in [0.29, 0.717) is 23.9 Å². The fourth-order valence-corrected chi connectivity index (χ4v) is 4.76. The average Bonchev–Trinajstić information content (AvgIpc) is 3.29. The molecule has 4 aromatic rings. The molecule has 0 aliphatic carbocycles. The molecule has 1 amide bonds. The van der Waals surface area contributed by atoms with Gasteiger partial charge in [-0.3, -0.25) is 9.59 Å². The minimum atomic E-state index is -1.21. The third-order valence-corrected chi connectivity index (χ3v) is 6.47. The van der Waals surface area contributed by atoms with Crippen molar-refractivity contribution in [2.24, 2.45) is 5.73 Å². The van der Waals surface area contributed by atoms with Crippen LogP contribution < -0.4 is 10.5 Å². The van der Waals surface area contributed by atoms with Crippen LogP contribution in [0.2, 0.25) is 0 Å². The van der Waals surface area contributed by atoms with E-state index >= 15 is 0 Å². The highest BCUT2D eigenvalue weighted by Gasteiger charge is 2.28. The van der Waals surface area contributed by atoms with Crippen molar-refractivity contribution in [3.8, 4) is 16.9 Å². The number of carbonyl (C=O) groups excluding carboxylic acids is 4. The molecule has 1 unspecified atom stereocenters. The Kier molecular flexibility index (Phi) is 9.03. The number of hydrogen-bond donors (Lipinski definition) is 1. The van der Waals surface area contributed by atoms with Gasteiger partial charge in [-0.25, -0.2) is 9.59 Å². The summed E-state index contributed by atoms with van der Waals surface area (Å²) >= 11 is 0. The van der Waals surface area contributed by atoms with Crippen LogP contribution in [0.25, 0.3) is 16.6 Å². The zero-order valence-electron chi connectivity index (χ0n) is 22.9. The highest BCUT2D eigenvalue weighted by atomic mass is 16.8. The van der Waals surface area contributed by atoms with Gasteiger partial charge in [-0.05, 0) is 40.8 Å². The molecule has 0 saturated heterocycles. The lowest BCUT2D eigenvalue weighted by molar-refractivity contribution is -0.169. The number of rotatable bonds is 11. The lowest BCUT2D eigenvalue weighted by Gasteiger charge is -2.14. The summed E-state index contributed by atoms with van der Waals surface area (Å²) in [6, 6.07) is 21.2. The Labute approximate surface area is 236 Å². The van der Waals surface area contributed by atoms with E-state index in [1.165, 1.54) is 6.92 Å². The predicted molar refractivity (Wildman–Crippen MR) is 150 cm³/mol. The van der Waals surface area contributed by atoms with Gasteiger partial charge in [0.15, 0.2) is 6.61 Å². The van der Waals surface area contributed by atoms with Crippen LogP contribution in [0.15, 0.2) is 72.9 Å². The van der Waals surface area contributed by atoms with E-state index in [9.17, 15) is 19.2 Å². The van der Waals surface area contributed by atoms with Gasteiger partial charge in [0.05, 0.1) is 18.2 Å². The summed E-state index contributed by atoms with van der Waals surface area (Å²) in [5.41, 5.74) is 10.4. The number of Topliss-reactive ketones (excluding diaryl/α,β-unsaturated/α-hetero) is 1. The van der Waals surface area contributed by atoms with Crippen molar-refractivity contribution in [2.75, 3.05) is 13.7 Å². The number of esters is 1. The third-order valence-electron chi connectivity index (χ3n) is 6.47. The van der Waals surface area contributed by atoms with Crippen LogP contribution in [0.5, 0.6) is 5.75 Å². The Balaban J connectivity index is 1.75. The molecule has 4 rings (SSSR count). The second-order valence-corrected chi connectivity index (χ2v) is 9.06. The fraction of sp³-hybridized carbons (Fsp3) is 0.226. The first-order valence-electron chi connectivity index (χ1n) is 12.9. The quantitative estimate of drug-likeness (QED) is 0.123. The first-order valence-corrected chi connectivity index (χ1v) is 12.9. The number of benzene rings is 2. The highest BCUT2D eigenvalue weighted by molar-refractivity contribution is 6.44. The molecule has 212 valence electrons. The Hall–Kier alpha value is -5.12. The molecule has 0 fully saturated rings. The van der Waals surface area contributed by atoms with E-state index < -0.39 is 36.7 Å². The summed E-state index contributed by atoms with van der Waals surface area (Å²) in [7, 11) is 1.13. The minimum Gasteiger partial charge on any atom is -0.480 e. The maximum atomic E-state index is 13.2. The van der Waals surface area contributed by atoms with E-state index in [1.807, 2.05) is 61.5 Å². The number of pyridine rings is 1. The van der Waals surface area contributed by atoms with E-state index in [-0.39, 0.29) is 11.3 Å². The number of ether oxygens (including phenoxy) is 4. The molecule has 0 aliphatic heterocycles. The van der Waals surface area contributed by atoms with Crippen LogP contribution in [0.4, 0.5) is 4.79 Å². The molecular weight excluding hydrogens is 528 g/mol. The van der Waals surface area contributed by atoms with Gasteiger partial charge in [-0.1, -0.05) is 61.5 Å². The van der Waals surface area contributed by atoms with Crippen molar-refractivity contribution < 1.29 is 38.1 Å². The van der Waals surface area contributed by atoms with Crippen molar-refractivity contribution in [1.82, 2.24) is 4.40 Å². The zero-order valence-corrected chi connectivity index (χ0v) is 22.9. The van der Waals surface area contributed by atoms with E-state index in [2.05, 4.69) is 4.74 Å². The van der Waals surface area contributed by atoms with Crippen LogP contribution in [0.3, 0.4) is 0 Å². The van der Waals surface area contributed by atoms with Crippen molar-refractivity contribution in [3.05, 3.63) is 95.3 Å². The Morgan fingerprint density at radius 2 is 1.63 bits per heavy atom. The van der Waals surface area contributed by atoms with Gasteiger partial charge in [0.1, 0.15) is 5.75 Å².